The first-order chi connectivity index (χ1) is 28.8. The molecule has 0 unspecified atom stereocenters. The predicted molar refractivity (Wildman–Crippen MR) is 211 cm³/mol. The number of carboxylic acid groups (broad SMARTS) is 2. The third-order valence-electron chi connectivity index (χ3n) is 7.61. The van der Waals surface area contributed by atoms with Crippen LogP contribution in [0.15, 0.2) is 133 Å². The summed E-state index contributed by atoms with van der Waals surface area (Å²) in [5.74, 6) is -1.98. The minimum atomic E-state index is -10.7. The van der Waals surface area contributed by atoms with E-state index in [4.69, 9.17) is 0 Å². The molecule has 66 heavy (non-hydrogen) atoms. The molecular formula is C36H26F18N4O4P3Ru. The Kier molecular flexibility index (Phi) is 14.9. The monoisotopic (exact) mass is 1110 g/mol. The number of carbonyl (C=O) groups is 2. The number of rotatable bonds is 5. The summed E-state index contributed by atoms with van der Waals surface area (Å²) in [5.41, 5.74) is 4.98. The van der Waals surface area contributed by atoms with E-state index in [-0.39, 0.29) is 30.6 Å². The summed E-state index contributed by atoms with van der Waals surface area (Å²) in [4.78, 5) is 40.2. The van der Waals surface area contributed by atoms with Gasteiger partial charge in [0.25, 0.3) is 0 Å². The minimum Gasteiger partial charge on any atom is -0.478 e. The van der Waals surface area contributed by atoms with Gasteiger partial charge in [-0.05, 0) is 66.1 Å². The van der Waals surface area contributed by atoms with Crippen LogP contribution in [-0.4, -0.2) is 43.3 Å². The number of allylic oxidation sites excluding steroid dienone is 1. The van der Waals surface area contributed by atoms with Crippen LogP contribution in [0.25, 0.3) is 27.5 Å². The zero-order chi connectivity index (χ0) is 49.7. The number of fused-ring (bicyclic) bond motifs is 3. The molecule has 0 atom stereocenters. The van der Waals surface area contributed by atoms with Crippen LogP contribution in [0.3, 0.4) is 0 Å². The first-order valence-electron chi connectivity index (χ1n) is 16.9. The number of carboxylic acids is 2. The maximum absolute atomic E-state index is 11.2. The molecule has 2 N–H and O–H groups in total. The van der Waals surface area contributed by atoms with Gasteiger partial charge in [0.1, 0.15) is 0 Å². The summed E-state index contributed by atoms with van der Waals surface area (Å²) < 4.78 is 178. The van der Waals surface area contributed by atoms with Crippen LogP contribution < -0.4 is 0 Å². The van der Waals surface area contributed by atoms with E-state index in [0.717, 1.165) is 44.3 Å². The number of nitrogens with zero attached hydrogens (tertiary/aromatic N) is 4. The van der Waals surface area contributed by atoms with Crippen molar-refractivity contribution in [1.29, 1.82) is 0 Å². The molecule has 6 aromatic rings. The molecule has 7 rings (SSSR count). The molecule has 1 aliphatic heterocycles. The number of pyridine rings is 3. The van der Waals surface area contributed by atoms with Gasteiger partial charge in [0.05, 0.1) is 39.0 Å². The first-order valence-corrected chi connectivity index (χ1v) is 23.0. The minimum absolute atomic E-state index is 0. The fourth-order valence-corrected chi connectivity index (χ4v) is 5.28. The number of benzene rings is 3. The predicted octanol–water partition coefficient (Wildman–Crippen LogP) is 17.2. The molecule has 0 bridgehead atoms. The van der Waals surface area contributed by atoms with Gasteiger partial charge in [-0.2, -0.15) is 0 Å². The van der Waals surface area contributed by atoms with E-state index in [0.29, 0.717) is 6.42 Å². The normalized spacial score (nSPS) is 16.4. The molecule has 1 radical (unpaired) electrons. The maximum atomic E-state index is 11.2. The average molecular weight is 1110 g/mol. The van der Waals surface area contributed by atoms with Crippen molar-refractivity contribution in [1.82, 2.24) is 15.0 Å². The molecule has 3 aromatic carbocycles. The van der Waals surface area contributed by atoms with Gasteiger partial charge >= 0.3 is 130 Å². The van der Waals surface area contributed by atoms with Crippen molar-refractivity contribution in [2.45, 2.75) is 11.8 Å². The zero-order valence-electron chi connectivity index (χ0n) is 31.9. The second-order valence-electron chi connectivity index (χ2n) is 13.1. The summed E-state index contributed by atoms with van der Waals surface area (Å²) in [6.07, 6.45) is 9.72. The SMILES string of the molecule is F[P-](F)(F)(F)(F)F.F[P-](F)(F)(F)(F)F.F[P-](F)(F)(F)(F)F.O=C(O)c1ccc(C2(c3ccc(C(=O)O)cc3)C=NC(c3ccccn3)=CC2)cc1.[Ru+3].c1cnc2c(c1)ccc1cccnc12. The number of hydrogen-bond acceptors (Lipinski definition) is 6. The number of aromatic carboxylic acids is 2. The molecule has 0 saturated heterocycles. The molecule has 4 heterocycles. The van der Waals surface area contributed by atoms with Gasteiger partial charge in [0, 0.05) is 35.6 Å². The number of aliphatic imine (C=N–C) groups is 1. The van der Waals surface area contributed by atoms with E-state index in [1.807, 2.05) is 42.6 Å². The Balaban J connectivity index is 0.000000342. The average Bonchev–Trinajstić information content (AvgIpc) is 3.15. The fraction of sp³-hybridized carbons (Fsp3) is 0.0556. The Hall–Kier alpha value is -5.37. The van der Waals surface area contributed by atoms with Gasteiger partial charge in [-0.15, -0.1) is 0 Å². The van der Waals surface area contributed by atoms with Gasteiger partial charge in [-0.25, -0.2) is 9.59 Å². The second kappa shape index (κ2) is 17.4. The Morgan fingerprint density at radius 1 is 0.470 bits per heavy atom. The molecule has 0 saturated carbocycles. The standard InChI is InChI=1S/C24H18N2O4.C12H8N2.3F6P.Ru/c27-22(28)16-4-8-18(9-5-16)24(19-10-6-17(7-11-19)23(29)30)13-12-21(26-15-24)20-3-1-2-14-25-20;1-3-9-5-6-10-4-2-8-14-12(10)11(9)13-7-1;3*1-7(2,3,4,5)6;/h1-12,14-15H,13H2,(H,27,28)(H,29,30);1-8H;;;;/q;;3*-1;+3. The van der Waals surface area contributed by atoms with E-state index in [1.54, 1.807) is 67.1 Å². The molecule has 3 aromatic heterocycles. The van der Waals surface area contributed by atoms with Crippen molar-refractivity contribution >= 4 is 69.1 Å². The molecule has 0 fully saturated rings. The molecule has 0 aliphatic carbocycles. The molecule has 1 aliphatic rings. The van der Waals surface area contributed by atoms with Crippen LogP contribution in [0.5, 0.6) is 0 Å². The Morgan fingerprint density at radius 2 is 0.818 bits per heavy atom. The summed E-state index contributed by atoms with van der Waals surface area (Å²) in [7, 11) is -32.0. The fourth-order valence-electron chi connectivity index (χ4n) is 5.28. The van der Waals surface area contributed by atoms with Gasteiger partial charge in [-0.1, -0.05) is 60.7 Å². The van der Waals surface area contributed by atoms with Crippen molar-refractivity contribution in [3.63, 3.8) is 0 Å². The Bertz CT molecular complexity index is 2560. The van der Waals surface area contributed by atoms with Crippen LogP contribution in [0, 0.1) is 0 Å². The third kappa shape index (κ3) is 24.2. The summed E-state index contributed by atoms with van der Waals surface area (Å²) in [6.45, 7) is 0. The largest absolute Gasteiger partial charge is 3.00 e. The van der Waals surface area contributed by atoms with E-state index in [9.17, 15) is 95.3 Å². The van der Waals surface area contributed by atoms with Crippen molar-refractivity contribution in [3.8, 4) is 0 Å². The summed E-state index contributed by atoms with van der Waals surface area (Å²) in [5, 5.41) is 20.7. The zero-order valence-corrected chi connectivity index (χ0v) is 36.3. The summed E-state index contributed by atoms with van der Waals surface area (Å²) >= 11 is 0. The smallest absolute Gasteiger partial charge is 0.478 e. The quantitative estimate of drug-likeness (QED) is 0.0762. The van der Waals surface area contributed by atoms with E-state index in [2.05, 4.69) is 44.2 Å². The molecular weight excluding hydrogens is 1090 g/mol. The van der Waals surface area contributed by atoms with Crippen LogP contribution >= 0.6 is 23.4 Å². The number of hydrogen-bond donors (Lipinski definition) is 2. The van der Waals surface area contributed by atoms with Crippen LogP contribution in [0.2, 0.25) is 0 Å². The van der Waals surface area contributed by atoms with Crippen molar-refractivity contribution in [2.75, 3.05) is 0 Å². The second-order valence-corrected chi connectivity index (χ2v) is 18.8. The van der Waals surface area contributed by atoms with Gasteiger partial charge in [0.2, 0.25) is 0 Å². The van der Waals surface area contributed by atoms with Crippen molar-refractivity contribution in [3.05, 3.63) is 156 Å². The number of halogens is 18. The topological polar surface area (TPSA) is 126 Å². The first kappa shape index (κ1) is 56.8. The van der Waals surface area contributed by atoms with Gasteiger partial charge < -0.3 is 10.2 Å². The Labute approximate surface area is 370 Å². The maximum Gasteiger partial charge on any atom is 3.00 e. The summed E-state index contributed by atoms with van der Waals surface area (Å²) in [6, 6.07) is 31.1. The molecule has 8 nitrogen and oxygen atoms in total. The van der Waals surface area contributed by atoms with E-state index in [1.165, 1.54) is 0 Å². The van der Waals surface area contributed by atoms with Crippen LogP contribution in [-0.2, 0) is 24.9 Å². The molecule has 0 amide bonds. The van der Waals surface area contributed by atoms with Crippen LogP contribution in [0.4, 0.5) is 75.5 Å². The molecule has 363 valence electrons. The molecule has 0 spiro atoms. The van der Waals surface area contributed by atoms with Gasteiger partial charge in [0.15, 0.2) is 0 Å². The van der Waals surface area contributed by atoms with Crippen LogP contribution in [0.1, 0.15) is 44.0 Å². The van der Waals surface area contributed by atoms with Crippen molar-refractivity contribution in [2.24, 2.45) is 4.99 Å². The third-order valence-corrected chi connectivity index (χ3v) is 7.61. The molecule has 30 heteroatoms. The van der Waals surface area contributed by atoms with Gasteiger partial charge in [-0.3, -0.25) is 19.9 Å². The number of aromatic nitrogens is 3. The van der Waals surface area contributed by atoms with E-state index < -0.39 is 40.8 Å². The van der Waals surface area contributed by atoms with Crippen molar-refractivity contribution < 1.29 is 115 Å². The van der Waals surface area contributed by atoms with E-state index >= 15 is 0 Å². The Morgan fingerprint density at radius 3 is 1.11 bits per heavy atom.